The van der Waals surface area contributed by atoms with Crippen molar-refractivity contribution in [1.29, 1.82) is 0 Å². The first-order chi connectivity index (χ1) is 8.06. The molecule has 0 aliphatic carbocycles. The topological polar surface area (TPSA) is 9.23 Å². The van der Waals surface area contributed by atoms with Crippen molar-refractivity contribution < 1.29 is 17.9 Å². The Balaban J connectivity index is 2.33. The van der Waals surface area contributed by atoms with Crippen LogP contribution in [-0.2, 0) is 0 Å². The fourth-order valence-corrected chi connectivity index (χ4v) is 1.79. The zero-order valence-electron chi connectivity index (χ0n) is 8.38. The van der Waals surface area contributed by atoms with E-state index in [0.29, 0.717) is 3.57 Å². The molecule has 0 fully saturated rings. The van der Waals surface area contributed by atoms with Crippen LogP contribution < -0.4 is 4.74 Å². The van der Waals surface area contributed by atoms with Crippen LogP contribution in [0.2, 0.25) is 0 Å². The average Bonchev–Trinajstić information content (AvgIpc) is 2.26. The van der Waals surface area contributed by atoms with E-state index in [-0.39, 0.29) is 5.75 Å². The van der Waals surface area contributed by atoms with E-state index in [9.17, 15) is 13.2 Å². The van der Waals surface area contributed by atoms with Crippen molar-refractivity contribution in [2.45, 2.75) is 0 Å². The van der Waals surface area contributed by atoms with Crippen molar-refractivity contribution >= 4 is 22.6 Å². The minimum Gasteiger partial charge on any atom is -0.451 e. The van der Waals surface area contributed by atoms with E-state index < -0.39 is 23.2 Å². The molecule has 0 saturated heterocycles. The number of halogens is 4. The first-order valence-electron chi connectivity index (χ1n) is 4.64. The molecule has 0 atom stereocenters. The van der Waals surface area contributed by atoms with Crippen molar-refractivity contribution in [3.63, 3.8) is 0 Å². The molecular formula is C12H6F3IO. The van der Waals surface area contributed by atoms with Crippen molar-refractivity contribution in [3.8, 4) is 11.5 Å². The summed E-state index contributed by atoms with van der Waals surface area (Å²) in [6.45, 7) is 0. The largest absolute Gasteiger partial charge is 0.451 e. The van der Waals surface area contributed by atoms with Crippen LogP contribution >= 0.6 is 22.6 Å². The lowest BCUT2D eigenvalue weighted by Gasteiger charge is -2.08. The molecule has 0 aromatic heterocycles. The third-order valence-corrected chi connectivity index (χ3v) is 2.62. The first kappa shape index (κ1) is 12.2. The molecule has 0 spiro atoms. The highest BCUT2D eigenvalue weighted by Gasteiger charge is 2.12. The predicted molar refractivity (Wildman–Crippen MR) is 65.5 cm³/mol. The lowest BCUT2D eigenvalue weighted by Crippen LogP contribution is -1.93. The van der Waals surface area contributed by atoms with Crippen LogP contribution in [0, 0.1) is 21.0 Å². The van der Waals surface area contributed by atoms with Gasteiger partial charge in [-0.3, -0.25) is 0 Å². The second kappa shape index (κ2) is 4.95. The Morgan fingerprint density at radius 2 is 1.41 bits per heavy atom. The number of ether oxygens (including phenoxy) is 1. The van der Waals surface area contributed by atoms with E-state index >= 15 is 0 Å². The fraction of sp³-hybridized carbons (Fsp3) is 0. The Morgan fingerprint density at radius 1 is 0.882 bits per heavy atom. The number of hydrogen-bond donors (Lipinski definition) is 0. The van der Waals surface area contributed by atoms with Gasteiger partial charge < -0.3 is 4.74 Å². The average molecular weight is 350 g/mol. The fourth-order valence-electron chi connectivity index (χ4n) is 1.25. The summed E-state index contributed by atoms with van der Waals surface area (Å²) >= 11 is 1.80. The van der Waals surface area contributed by atoms with E-state index in [1.54, 1.807) is 22.6 Å². The molecule has 0 unspecified atom stereocenters. The minimum atomic E-state index is -0.793. The van der Waals surface area contributed by atoms with E-state index in [2.05, 4.69) is 0 Å². The van der Waals surface area contributed by atoms with E-state index in [4.69, 9.17) is 4.74 Å². The van der Waals surface area contributed by atoms with E-state index in [1.165, 1.54) is 12.1 Å². The number of rotatable bonds is 2. The van der Waals surface area contributed by atoms with Crippen LogP contribution in [0.15, 0.2) is 36.4 Å². The van der Waals surface area contributed by atoms with Crippen molar-refractivity contribution in [3.05, 3.63) is 57.4 Å². The zero-order chi connectivity index (χ0) is 12.4. The molecule has 2 aromatic rings. The third kappa shape index (κ3) is 2.91. The monoisotopic (exact) mass is 350 g/mol. The highest BCUT2D eigenvalue weighted by Crippen LogP contribution is 2.29. The SMILES string of the molecule is Fc1ccc(Oc2c(F)cc(I)cc2F)cc1. The highest BCUT2D eigenvalue weighted by atomic mass is 127. The quantitative estimate of drug-likeness (QED) is 0.725. The second-order valence-corrected chi connectivity index (χ2v) is 4.50. The lowest BCUT2D eigenvalue weighted by atomic mass is 10.3. The molecule has 0 amide bonds. The Bertz CT molecular complexity index is 517. The molecular weight excluding hydrogens is 344 g/mol. The summed E-state index contributed by atoms with van der Waals surface area (Å²) in [6.07, 6.45) is 0. The summed E-state index contributed by atoms with van der Waals surface area (Å²) in [4.78, 5) is 0. The first-order valence-corrected chi connectivity index (χ1v) is 5.72. The molecule has 1 nitrogen and oxygen atoms in total. The third-order valence-electron chi connectivity index (χ3n) is 2.00. The van der Waals surface area contributed by atoms with Crippen molar-refractivity contribution in [2.24, 2.45) is 0 Å². The van der Waals surface area contributed by atoms with Crippen LogP contribution in [0.4, 0.5) is 13.2 Å². The molecule has 5 heteroatoms. The summed E-state index contributed by atoms with van der Waals surface area (Å²) in [6, 6.07) is 7.21. The minimum absolute atomic E-state index is 0.172. The van der Waals surface area contributed by atoms with Crippen molar-refractivity contribution in [1.82, 2.24) is 0 Å². The molecule has 0 N–H and O–H groups in total. The normalized spacial score (nSPS) is 10.4. The Labute approximate surface area is 109 Å². The summed E-state index contributed by atoms with van der Waals surface area (Å²) in [5.74, 6) is -2.35. The maximum Gasteiger partial charge on any atom is 0.198 e. The van der Waals surface area contributed by atoms with E-state index in [0.717, 1.165) is 24.3 Å². The highest BCUT2D eigenvalue weighted by molar-refractivity contribution is 14.1. The molecule has 2 rings (SSSR count). The molecule has 88 valence electrons. The van der Waals surface area contributed by atoms with Crippen LogP contribution in [0.25, 0.3) is 0 Å². The van der Waals surface area contributed by atoms with Gasteiger partial charge in [-0.25, -0.2) is 13.2 Å². The molecule has 17 heavy (non-hydrogen) atoms. The summed E-state index contributed by atoms with van der Waals surface area (Å²) < 4.78 is 45.0. The van der Waals surface area contributed by atoms with Gasteiger partial charge in [0.1, 0.15) is 11.6 Å². The van der Waals surface area contributed by atoms with Gasteiger partial charge in [0, 0.05) is 3.57 Å². The predicted octanol–water partition coefficient (Wildman–Crippen LogP) is 4.50. The maximum atomic E-state index is 13.4. The number of hydrogen-bond acceptors (Lipinski definition) is 1. The smallest absolute Gasteiger partial charge is 0.198 e. The molecule has 0 heterocycles. The van der Waals surface area contributed by atoms with E-state index in [1.807, 2.05) is 0 Å². The van der Waals surface area contributed by atoms with Gasteiger partial charge in [0.2, 0.25) is 0 Å². The summed E-state index contributed by atoms with van der Waals surface area (Å²) in [5.41, 5.74) is 0. The number of benzene rings is 2. The molecule has 0 saturated carbocycles. The van der Waals surface area contributed by atoms with Gasteiger partial charge in [0.05, 0.1) is 0 Å². The van der Waals surface area contributed by atoms with Crippen LogP contribution in [-0.4, -0.2) is 0 Å². The van der Waals surface area contributed by atoms with Crippen LogP contribution in [0.1, 0.15) is 0 Å². The lowest BCUT2D eigenvalue weighted by molar-refractivity contribution is 0.406. The summed E-state index contributed by atoms with van der Waals surface area (Å²) in [7, 11) is 0. The van der Waals surface area contributed by atoms with Gasteiger partial charge in [-0.15, -0.1) is 0 Å². The Kier molecular flexibility index (Phi) is 3.56. The van der Waals surface area contributed by atoms with Gasteiger partial charge in [0.15, 0.2) is 17.4 Å². The van der Waals surface area contributed by atoms with Crippen LogP contribution in [0.5, 0.6) is 11.5 Å². The van der Waals surface area contributed by atoms with Gasteiger partial charge >= 0.3 is 0 Å². The zero-order valence-corrected chi connectivity index (χ0v) is 10.5. The molecule has 2 aromatic carbocycles. The molecule has 0 radical (unpaired) electrons. The van der Waals surface area contributed by atoms with Crippen molar-refractivity contribution in [2.75, 3.05) is 0 Å². The van der Waals surface area contributed by atoms with Crippen LogP contribution in [0.3, 0.4) is 0 Å². The molecule has 0 aliphatic heterocycles. The summed E-state index contributed by atoms with van der Waals surface area (Å²) in [5, 5.41) is 0. The van der Waals surface area contributed by atoms with Gasteiger partial charge in [-0.05, 0) is 59.0 Å². The van der Waals surface area contributed by atoms with Gasteiger partial charge in [-0.1, -0.05) is 0 Å². The second-order valence-electron chi connectivity index (χ2n) is 3.25. The molecule has 0 bridgehead atoms. The van der Waals surface area contributed by atoms with Gasteiger partial charge in [-0.2, -0.15) is 0 Å². The van der Waals surface area contributed by atoms with Gasteiger partial charge in [0.25, 0.3) is 0 Å². The Hall–Kier alpha value is -1.24. The maximum absolute atomic E-state index is 13.4. The standard InChI is InChI=1S/C12H6F3IO/c13-7-1-3-9(4-2-7)17-12-10(14)5-8(16)6-11(12)15/h1-6H. The Morgan fingerprint density at radius 3 is 1.94 bits per heavy atom. The molecule has 0 aliphatic rings.